The van der Waals surface area contributed by atoms with E-state index in [4.69, 9.17) is 4.74 Å². The van der Waals surface area contributed by atoms with E-state index in [1.165, 1.54) is 42.5 Å². The van der Waals surface area contributed by atoms with Gasteiger partial charge in [-0.2, -0.15) is 0 Å². The van der Waals surface area contributed by atoms with Crippen LogP contribution in [0.25, 0.3) is 0 Å². The number of benzene rings is 3. The van der Waals surface area contributed by atoms with Crippen molar-refractivity contribution >= 4 is 33.0 Å². The second-order valence-corrected chi connectivity index (χ2v) is 7.77. The minimum atomic E-state index is -3.75. The van der Waals surface area contributed by atoms with Crippen molar-refractivity contribution in [1.82, 2.24) is 0 Å². The number of nitrogens with zero attached hydrogens (tertiary/aromatic N) is 1. The van der Waals surface area contributed by atoms with Crippen LogP contribution in [0, 0.1) is 10.1 Å². The first kappa shape index (κ1) is 20.8. The molecule has 154 valence electrons. The third kappa shape index (κ3) is 5.55. The highest BCUT2D eigenvalue weighted by Gasteiger charge is 2.14. The Labute approximate surface area is 172 Å². The molecule has 10 heteroatoms. The molecule has 3 rings (SSSR count). The van der Waals surface area contributed by atoms with Gasteiger partial charge in [0, 0.05) is 17.8 Å². The number of ether oxygens (including phenoxy) is 1. The molecule has 2 N–H and O–H groups in total. The van der Waals surface area contributed by atoms with E-state index >= 15 is 0 Å². The molecular weight excluding hydrogens is 410 g/mol. The molecule has 9 nitrogen and oxygen atoms in total. The van der Waals surface area contributed by atoms with Crippen molar-refractivity contribution in [1.29, 1.82) is 0 Å². The summed E-state index contributed by atoms with van der Waals surface area (Å²) in [5.41, 5.74) is 0.579. The van der Waals surface area contributed by atoms with Crippen molar-refractivity contribution < 1.29 is 22.9 Å². The number of sulfonamides is 1. The summed E-state index contributed by atoms with van der Waals surface area (Å²) in [6.45, 7) is -0.322. The molecule has 3 aromatic rings. The lowest BCUT2D eigenvalue weighted by Gasteiger charge is -2.11. The Bertz CT molecular complexity index is 1150. The summed E-state index contributed by atoms with van der Waals surface area (Å²) in [5.74, 6) is -0.170. The summed E-state index contributed by atoms with van der Waals surface area (Å²) in [4.78, 5) is 22.3. The lowest BCUT2D eigenvalue weighted by atomic mass is 10.3. The van der Waals surface area contributed by atoms with Crippen molar-refractivity contribution in [3.63, 3.8) is 0 Å². The first-order valence-electron chi connectivity index (χ1n) is 8.68. The number of hydrogen-bond donors (Lipinski definition) is 2. The van der Waals surface area contributed by atoms with Crippen LogP contribution in [-0.2, 0) is 14.8 Å². The van der Waals surface area contributed by atoms with Gasteiger partial charge in [0.1, 0.15) is 5.75 Å². The molecule has 0 aliphatic rings. The Morgan fingerprint density at radius 1 is 0.933 bits per heavy atom. The van der Waals surface area contributed by atoms with Crippen LogP contribution in [0.3, 0.4) is 0 Å². The molecule has 1 amide bonds. The Morgan fingerprint density at radius 3 is 2.27 bits per heavy atom. The number of non-ortho nitro benzene ring substituents is 1. The van der Waals surface area contributed by atoms with E-state index < -0.39 is 20.9 Å². The summed E-state index contributed by atoms with van der Waals surface area (Å²) in [6, 6.07) is 19.5. The molecule has 0 radical (unpaired) electrons. The highest BCUT2D eigenvalue weighted by Crippen LogP contribution is 2.20. The fourth-order valence-corrected chi connectivity index (χ4v) is 3.55. The molecule has 30 heavy (non-hydrogen) atoms. The van der Waals surface area contributed by atoms with E-state index in [1.54, 1.807) is 36.4 Å². The smallest absolute Gasteiger partial charge is 0.269 e. The minimum absolute atomic E-state index is 0.0819. The molecule has 0 spiro atoms. The van der Waals surface area contributed by atoms with Crippen molar-refractivity contribution in [2.75, 3.05) is 16.6 Å². The second kappa shape index (κ2) is 9.05. The van der Waals surface area contributed by atoms with Crippen molar-refractivity contribution in [3.8, 4) is 5.75 Å². The predicted octanol–water partition coefficient (Wildman–Crippen LogP) is 3.41. The first-order valence-corrected chi connectivity index (χ1v) is 10.2. The van der Waals surface area contributed by atoms with Gasteiger partial charge in [-0.25, -0.2) is 8.42 Å². The highest BCUT2D eigenvalue weighted by molar-refractivity contribution is 7.92. The number of rotatable bonds is 8. The van der Waals surface area contributed by atoms with E-state index in [2.05, 4.69) is 10.0 Å². The monoisotopic (exact) mass is 427 g/mol. The Balaban J connectivity index is 1.59. The van der Waals surface area contributed by atoms with E-state index in [-0.39, 0.29) is 22.9 Å². The van der Waals surface area contributed by atoms with Crippen LogP contribution < -0.4 is 14.8 Å². The summed E-state index contributed by atoms with van der Waals surface area (Å²) < 4.78 is 32.6. The number of carbonyl (C=O) groups is 1. The van der Waals surface area contributed by atoms with Gasteiger partial charge >= 0.3 is 0 Å². The standard InChI is InChI=1S/C20H17N3O6S/c24-20(14-29-18-11-9-17(10-12-18)23(25)26)21-15-5-4-6-16(13-15)22-30(27,28)19-7-2-1-3-8-19/h1-13,22H,14H2,(H,21,24). The van der Waals surface area contributed by atoms with Crippen LogP contribution >= 0.6 is 0 Å². The number of hydrogen-bond acceptors (Lipinski definition) is 6. The maximum atomic E-state index is 12.4. The van der Waals surface area contributed by atoms with Crippen molar-refractivity contribution in [2.45, 2.75) is 4.90 Å². The Kier molecular flexibility index (Phi) is 6.28. The van der Waals surface area contributed by atoms with Gasteiger partial charge < -0.3 is 10.1 Å². The van der Waals surface area contributed by atoms with Crippen LogP contribution in [0.15, 0.2) is 83.8 Å². The maximum absolute atomic E-state index is 12.4. The van der Waals surface area contributed by atoms with Gasteiger partial charge in [0.2, 0.25) is 0 Å². The molecule has 0 heterocycles. The van der Waals surface area contributed by atoms with E-state index in [0.29, 0.717) is 11.4 Å². The molecule has 0 unspecified atom stereocenters. The molecule has 0 aliphatic heterocycles. The van der Waals surface area contributed by atoms with Crippen LogP contribution in [0.2, 0.25) is 0 Å². The normalized spacial score (nSPS) is 10.8. The van der Waals surface area contributed by atoms with Gasteiger partial charge in [0.25, 0.3) is 21.6 Å². The third-order valence-electron chi connectivity index (χ3n) is 3.87. The lowest BCUT2D eigenvalue weighted by Crippen LogP contribution is -2.20. The Morgan fingerprint density at radius 2 is 1.60 bits per heavy atom. The number of carbonyl (C=O) groups excluding carboxylic acids is 1. The van der Waals surface area contributed by atoms with Crippen molar-refractivity contribution in [3.05, 3.63) is 89.0 Å². The zero-order valence-electron chi connectivity index (χ0n) is 15.5. The quantitative estimate of drug-likeness (QED) is 0.419. The van der Waals surface area contributed by atoms with Gasteiger partial charge in [-0.3, -0.25) is 19.6 Å². The molecular formula is C20H17N3O6S. The minimum Gasteiger partial charge on any atom is -0.484 e. The predicted molar refractivity (Wildman–Crippen MR) is 111 cm³/mol. The average molecular weight is 427 g/mol. The van der Waals surface area contributed by atoms with E-state index in [1.807, 2.05) is 0 Å². The number of amides is 1. The average Bonchev–Trinajstić information content (AvgIpc) is 2.73. The topological polar surface area (TPSA) is 128 Å². The fraction of sp³-hybridized carbons (Fsp3) is 0.0500. The fourth-order valence-electron chi connectivity index (χ4n) is 2.48. The van der Waals surface area contributed by atoms with Gasteiger partial charge in [0.05, 0.1) is 15.5 Å². The molecule has 3 aromatic carbocycles. The molecule has 0 aromatic heterocycles. The summed E-state index contributed by atoms with van der Waals surface area (Å²) in [5, 5.41) is 13.2. The largest absolute Gasteiger partial charge is 0.484 e. The number of anilines is 2. The zero-order chi connectivity index (χ0) is 21.6. The SMILES string of the molecule is O=C(COc1ccc([N+](=O)[O-])cc1)Nc1cccc(NS(=O)(=O)c2ccccc2)c1. The van der Waals surface area contributed by atoms with Gasteiger partial charge in [-0.1, -0.05) is 24.3 Å². The van der Waals surface area contributed by atoms with Crippen LogP contribution in [0.4, 0.5) is 17.1 Å². The van der Waals surface area contributed by atoms with Gasteiger partial charge in [0.15, 0.2) is 6.61 Å². The molecule has 0 saturated heterocycles. The second-order valence-electron chi connectivity index (χ2n) is 6.09. The van der Waals surface area contributed by atoms with E-state index in [0.717, 1.165) is 0 Å². The van der Waals surface area contributed by atoms with Crippen LogP contribution in [0.5, 0.6) is 5.75 Å². The molecule has 0 bridgehead atoms. The number of nitro groups is 1. The Hall–Kier alpha value is -3.92. The molecule has 0 atom stereocenters. The summed E-state index contributed by atoms with van der Waals surface area (Å²) in [7, 11) is -3.75. The van der Waals surface area contributed by atoms with Gasteiger partial charge in [-0.05, 0) is 42.5 Å². The summed E-state index contributed by atoms with van der Waals surface area (Å²) in [6.07, 6.45) is 0. The molecule has 0 aliphatic carbocycles. The third-order valence-corrected chi connectivity index (χ3v) is 5.27. The number of nitrogens with one attached hydrogen (secondary N) is 2. The summed E-state index contributed by atoms with van der Waals surface area (Å²) >= 11 is 0. The van der Waals surface area contributed by atoms with Crippen LogP contribution in [0.1, 0.15) is 0 Å². The van der Waals surface area contributed by atoms with E-state index in [9.17, 15) is 23.3 Å². The molecule has 0 fully saturated rings. The van der Waals surface area contributed by atoms with Crippen molar-refractivity contribution in [2.24, 2.45) is 0 Å². The zero-order valence-corrected chi connectivity index (χ0v) is 16.3. The van der Waals surface area contributed by atoms with Crippen LogP contribution in [-0.4, -0.2) is 25.9 Å². The number of nitro benzene ring substituents is 1. The highest BCUT2D eigenvalue weighted by atomic mass is 32.2. The van der Waals surface area contributed by atoms with Gasteiger partial charge in [-0.15, -0.1) is 0 Å². The first-order chi connectivity index (χ1) is 14.3. The lowest BCUT2D eigenvalue weighted by molar-refractivity contribution is -0.384. The molecule has 0 saturated carbocycles. The maximum Gasteiger partial charge on any atom is 0.269 e.